The molecule has 0 aliphatic heterocycles. The van der Waals surface area contributed by atoms with Gasteiger partial charge in [-0.25, -0.2) is 18.7 Å². The Morgan fingerprint density at radius 1 is 1.00 bits per heavy atom. The van der Waals surface area contributed by atoms with E-state index in [9.17, 15) is 22.0 Å². The number of rotatable bonds is 8. The first-order chi connectivity index (χ1) is 15.5. The third-order valence-corrected chi connectivity index (χ3v) is 4.83. The fourth-order valence-electron chi connectivity index (χ4n) is 3.28. The Hall–Kier alpha value is -3.21. The van der Waals surface area contributed by atoms with Crippen molar-refractivity contribution in [1.29, 1.82) is 0 Å². The number of fused-ring (bicyclic) bond motifs is 1. The summed E-state index contributed by atoms with van der Waals surface area (Å²) in [5.41, 5.74) is -1.70. The zero-order valence-electron chi connectivity index (χ0n) is 18.3. The zero-order valence-corrected chi connectivity index (χ0v) is 18.3. The molecule has 1 N–H and O–H groups in total. The summed E-state index contributed by atoms with van der Waals surface area (Å²) in [6, 6.07) is 3.01. The van der Waals surface area contributed by atoms with E-state index >= 15 is 0 Å². The van der Waals surface area contributed by atoms with Gasteiger partial charge in [0.15, 0.2) is 11.5 Å². The zero-order chi connectivity index (χ0) is 24.3. The van der Waals surface area contributed by atoms with Crippen molar-refractivity contribution in [3.63, 3.8) is 0 Å². The van der Waals surface area contributed by atoms with Crippen molar-refractivity contribution in [2.75, 3.05) is 32.8 Å². The second-order valence-corrected chi connectivity index (χ2v) is 7.20. The summed E-state index contributed by atoms with van der Waals surface area (Å²) >= 11 is 0. The maximum Gasteiger partial charge on any atom is 0.419 e. The van der Waals surface area contributed by atoms with Crippen LogP contribution in [-0.4, -0.2) is 37.4 Å². The number of benzene rings is 2. The second-order valence-electron chi connectivity index (χ2n) is 7.20. The lowest BCUT2D eigenvalue weighted by atomic mass is 10.0. The number of nitrogens with one attached hydrogen (secondary N) is 1. The van der Waals surface area contributed by atoms with Gasteiger partial charge in [-0.2, -0.15) is 13.2 Å². The molecule has 1 atom stereocenters. The molecule has 0 fully saturated rings. The number of nitrogens with zero attached hydrogens (tertiary/aromatic N) is 2. The number of hydrogen-bond donors (Lipinski definition) is 1. The summed E-state index contributed by atoms with van der Waals surface area (Å²) in [5.74, 6) is -1.42. The van der Waals surface area contributed by atoms with Crippen LogP contribution in [0, 0.1) is 18.6 Å². The lowest BCUT2D eigenvalue weighted by Gasteiger charge is -2.20. The molecule has 11 heteroatoms. The minimum Gasteiger partial charge on any atom is -0.493 e. The van der Waals surface area contributed by atoms with Gasteiger partial charge in [0.05, 0.1) is 30.8 Å². The van der Waals surface area contributed by atoms with E-state index in [1.807, 2.05) is 0 Å². The van der Waals surface area contributed by atoms with Gasteiger partial charge in [0.1, 0.15) is 29.9 Å². The molecule has 0 saturated heterocycles. The highest BCUT2D eigenvalue weighted by atomic mass is 19.4. The number of aryl methyl sites for hydroxylation is 1. The molecular formula is C22H22F5N3O3. The minimum absolute atomic E-state index is 0.131. The van der Waals surface area contributed by atoms with Gasteiger partial charge in [0, 0.05) is 24.1 Å². The molecule has 2 aromatic carbocycles. The van der Waals surface area contributed by atoms with Crippen LogP contribution in [0.3, 0.4) is 0 Å². The monoisotopic (exact) mass is 471 g/mol. The first-order valence-corrected chi connectivity index (χ1v) is 9.86. The topological polar surface area (TPSA) is 65.5 Å². The normalized spacial score (nSPS) is 12.6. The Balaban J connectivity index is 2.05. The van der Waals surface area contributed by atoms with Crippen LogP contribution in [0.4, 0.5) is 27.8 Å². The molecule has 0 radical (unpaired) electrons. The molecule has 0 bridgehead atoms. The molecule has 1 aromatic heterocycles. The second kappa shape index (κ2) is 9.74. The van der Waals surface area contributed by atoms with Gasteiger partial charge in [-0.1, -0.05) is 0 Å². The summed E-state index contributed by atoms with van der Waals surface area (Å²) in [4.78, 5) is 8.65. The van der Waals surface area contributed by atoms with Crippen molar-refractivity contribution in [3.05, 3.63) is 52.9 Å². The largest absolute Gasteiger partial charge is 0.493 e. The van der Waals surface area contributed by atoms with Crippen LogP contribution in [0.2, 0.25) is 0 Å². The van der Waals surface area contributed by atoms with Gasteiger partial charge in [-0.05, 0) is 32.0 Å². The van der Waals surface area contributed by atoms with Crippen LogP contribution in [0.25, 0.3) is 10.9 Å². The van der Waals surface area contributed by atoms with Gasteiger partial charge in [0.2, 0.25) is 0 Å². The lowest BCUT2D eigenvalue weighted by Crippen LogP contribution is -2.16. The van der Waals surface area contributed by atoms with Crippen LogP contribution < -0.4 is 14.8 Å². The fraction of sp³-hybridized carbons (Fsp3) is 0.364. The third-order valence-electron chi connectivity index (χ3n) is 4.83. The predicted octanol–water partition coefficient (Wildman–Crippen LogP) is 5.44. The van der Waals surface area contributed by atoms with Crippen LogP contribution in [0.15, 0.2) is 24.3 Å². The average Bonchev–Trinajstić information content (AvgIpc) is 2.74. The van der Waals surface area contributed by atoms with E-state index < -0.39 is 35.0 Å². The molecule has 1 heterocycles. The smallest absolute Gasteiger partial charge is 0.419 e. The summed E-state index contributed by atoms with van der Waals surface area (Å²) in [6.45, 7) is 3.59. The van der Waals surface area contributed by atoms with E-state index in [2.05, 4.69) is 15.3 Å². The van der Waals surface area contributed by atoms with Gasteiger partial charge in [-0.3, -0.25) is 0 Å². The number of anilines is 1. The molecule has 0 amide bonds. The molecule has 3 rings (SSSR count). The highest BCUT2D eigenvalue weighted by molar-refractivity contribution is 5.92. The first kappa shape index (κ1) is 24.4. The molecule has 0 saturated carbocycles. The first-order valence-electron chi connectivity index (χ1n) is 9.86. The Bertz CT molecular complexity index is 1150. The molecule has 0 aliphatic carbocycles. The van der Waals surface area contributed by atoms with Gasteiger partial charge in [-0.15, -0.1) is 0 Å². The van der Waals surface area contributed by atoms with Crippen molar-refractivity contribution >= 4 is 16.7 Å². The molecule has 0 unspecified atom stereocenters. The standard InChI is InChI=1S/C22H22F5N3O3/c1-11(14-7-13(23)8-16(20(14)24)22(25,26)27)28-21-15-9-19(33-6-5-31-3)18(32-4)10-17(15)29-12(2)30-21/h7-11H,5-6H2,1-4H3,(H,28,29,30)/t11-/m1/s1. The van der Waals surface area contributed by atoms with Gasteiger partial charge >= 0.3 is 6.18 Å². The van der Waals surface area contributed by atoms with E-state index in [0.29, 0.717) is 34.8 Å². The number of methoxy groups -OCH3 is 2. The highest BCUT2D eigenvalue weighted by Crippen LogP contribution is 2.37. The van der Waals surface area contributed by atoms with Crippen molar-refractivity contribution < 1.29 is 36.2 Å². The van der Waals surface area contributed by atoms with Crippen LogP contribution >= 0.6 is 0 Å². The molecule has 0 aliphatic rings. The number of aromatic nitrogens is 2. The van der Waals surface area contributed by atoms with Crippen molar-refractivity contribution in [2.45, 2.75) is 26.1 Å². The third kappa shape index (κ3) is 5.41. The maximum absolute atomic E-state index is 14.6. The molecule has 6 nitrogen and oxygen atoms in total. The van der Waals surface area contributed by atoms with E-state index in [4.69, 9.17) is 14.2 Å². The van der Waals surface area contributed by atoms with Crippen molar-refractivity contribution in [1.82, 2.24) is 9.97 Å². The number of hydrogen-bond acceptors (Lipinski definition) is 6. The number of alkyl halides is 3. The van der Waals surface area contributed by atoms with E-state index in [0.717, 1.165) is 6.07 Å². The van der Waals surface area contributed by atoms with Crippen LogP contribution in [0.1, 0.15) is 29.9 Å². The highest BCUT2D eigenvalue weighted by Gasteiger charge is 2.36. The predicted molar refractivity (Wildman–Crippen MR) is 112 cm³/mol. The summed E-state index contributed by atoms with van der Waals surface area (Å²) in [6.07, 6.45) is -5.04. The Labute approximate surface area is 186 Å². The average molecular weight is 471 g/mol. The summed E-state index contributed by atoms with van der Waals surface area (Å²) < 4.78 is 83.8. The van der Waals surface area contributed by atoms with E-state index in [1.165, 1.54) is 21.1 Å². The molecule has 33 heavy (non-hydrogen) atoms. The quantitative estimate of drug-likeness (QED) is 0.349. The van der Waals surface area contributed by atoms with E-state index in [-0.39, 0.29) is 18.5 Å². The van der Waals surface area contributed by atoms with Gasteiger partial charge < -0.3 is 19.5 Å². The van der Waals surface area contributed by atoms with Gasteiger partial charge in [0.25, 0.3) is 0 Å². The van der Waals surface area contributed by atoms with Crippen LogP contribution in [-0.2, 0) is 10.9 Å². The fourth-order valence-corrected chi connectivity index (χ4v) is 3.28. The maximum atomic E-state index is 14.6. The summed E-state index contributed by atoms with van der Waals surface area (Å²) in [5, 5.41) is 3.33. The van der Waals surface area contributed by atoms with Crippen LogP contribution in [0.5, 0.6) is 11.5 Å². The molecule has 3 aromatic rings. The number of ether oxygens (including phenoxy) is 3. The lowest BCUT2D eigenvalue weighted by molar-refractivity contribution is -0.140. The van der Waals surface area contributed by atoms with Crippen molar-refractivity contribution in [2.24, 2.45) is 0 Å². The Kier molecular flexibility index (Phi) is 7.21. The Morgan fingerprint density at radius 2 is 1.73 bits per heavy atom. The van der Waals surface area contributed by atoms with Crippen molar-refractivity contribution in [3.8, 4) is 11.5 Å². The number of halogens is 5. The minimum atomic E-state index is -5.04. The molecule has 0 spiro atoms. The molecule has 178 valence electrons. The molecular weight excluding hydrogens is 449 g/mol. The Morgan fingerprint density at radius 3 is 2.36 bits per heavy atom. The summed E-state index contributed by atoms with van der Waals surface area (Å²) in [7, 11) is 2.99. The SMILES string of the molecule is COCCOc1cc2c(N[C@H](C)c3cc(F)cc(C(F)(F)F)c3F)nc(C)nc2cc1OC. The van der Waals surface area contributed by atoms with E-state index in [1.54, 1.807) is 19.1 Å².